The topological polar surface area (TPSA) is 180 Å². The molecule has 11 nitrogen and oxygen atoms in total. The fourth-order valence-corrected chi connectivity index (χ4v) is 5.45. The molecule has 0 spiro atoms. The Kier molecular flexibility index (Phi) is 8.06. The number of carbonyl (C=O) groups is 2. The number of nitrogens with zero attached hydrogens (tertiary/aromatic N) is 3. The number of carbonyl (C=O) groups excluding carboxylic acids is 2. The first-order chi connectivity index (χ1) is 18.5. The summed E-state index contributed by atoms with van der Waals surface area (Å²) in [6, 6.07) is 10.5. The van der Waals surface area contributed by atoms with E-state index in [1.54, 1.807) is 18.2 Å². The Hall–Kier alpha value is -4.57. The summed E-state index contributed by atoms with van der Waals surface area (Å²) in [5.74, 6) is -1.83. The van der Waals surface area contributed by atoms with Crippen LogP contribution in [0.25, 0.3) is 0 Å². The third-order valence-electron chi connectivity index (χ3n) is 6.41. The molecule has 0 bridgehead atoms. The fourth-order valence-electron chi connectivity index (χ4n) is 4.32. The highest BCUT2D eigenvalue weighted by atomic mass is 32.2. The summed E-state index contributed by atoms with van der Waals surface area (Å²) in [5.41, 5.74) is 6.63. The van der Waals surface area contributed by atoms with E-state index in [0.29, 0.717) is 37.1 Å². The second-order valence-electron chi connectivity index (χ2n) is 9.25. The number of hydrogen-bond donors (Lipinski definition) is 4. The van der Waals surface area contributed by atoms with E-state index in [1.165, 1.54) is 30.8 Å². The van der Waals surface area contributed by atoms with Gasteiger partial charge < -0.3 is 21.7 Å². The number of hydrogen-bond acceptors (Lipinski definition) is 9. The minimum Gasteiger partial charge on any atom is -0.366 e. The maximum Gasteiger partial charge on any atom is 0.255 e. The van der Waals surface area contributed by atoms with Crippen LogP contribution >= 0.6 is 0 Å². The average molecular weight is 552 g/mol. The van der Waals surface area contributed by atoms with Crippen LogP contribution in [-0.4, -0.2) is 47.7 Å². The first kappa shape index (κ1) is 27.5. The van der Waals surface area contributed by atoms with Gasteiger partial charge >= 0.3 is 0 Å². The van der Waals surface area contributed by atoms with Crippen LogP contribution in [0.1, 0.15) is 52.0 Å². The van der Waals surface area contributed by atoms with Gasteiger partial charge in [-0.25, -0.2) is 22.8 Å². The van der Waals surface area contributed by atoms with Gasteiger partial charge in [-0.1, -0.05) is 6.07 Å². The lowest BCUT2D eigenvalue weighted by Crippen LogP contribution is -2.40. The lowest BCUT2D eigenvalue weighted by molar-refractivity contribution is 0.0927. The Bertz CT molecular complexity index is 1560. The lowest BCUT2D eigenvalue weighted by Gasteiger charge is -2.28. The monoisotopic (exact) mass is 551 g/mol. The molecule has 0 atom stereocenters. The van der Waals surface area contributed by atoms with Crippen molar-refractivity contribution in [1.29, 1.82) is 5.26 Å². The van der Waals surface area contributed by atoms with Gasteiger partial charge in [0.25, 0.3) is 5.91 Å². The average Bonchev–Trinajstić information content (AvgIpc) is 2.90. The zero-order valence-electron chi connectivity index (χ0n) is 20.9. The third kappa shape index (κ3) is 6.85. The van der Waals surface area contributed by atoms with Gasteiger partial charge in [0.2, 0.25) is 5.91 Å². The van der Waals surface area contributed by atoms with E-state index in [1.807, 2.05) is 6.07 Å². The number of sulfone groups is 1. The van der Waals surface area contributed by atoms with Crippen molar-refractivity contribution in [1.82, 2.24) is 15.3 Å². The molecule has 1 aliphatic carbocycles. The van der Waals surface area contributed by atoms with Crippen molar-refractivity contribution in [3.8, 4) is 6.07 Å². The van der Waals surface area contributed by atoms with Gasteiger partial charge in [0, 0.05) is 42.0 Å². The second-order valence-corrected chi connectivity index (χ2v) is 11.6. The number of amides is 2. The molecule has 1 fully saturated rings. The summed E-state index contributed by atoms with van der Waals surface area (Å²) < 4.78 is 38.1. The van der Waals surface area contributed by atoms with Gasteiger partial charge in [0.1, 0.15) is 21.7 Å². The van der Waals surface area contributed by atoms with Crippen molar-refractivity contribution in [3.63, 3.8) is 0 Å². The molecular weight excluding hydrogens is 525 g/mol. The number of pyridine rings is 2. The molecule has 0 radical (unpaired) electrons. The van der Waals surface area contributed by atoms with Gasteiger partial charge in [0.15, 0.2) is 11.6 Å². The van der Waals surface area contributed by atoms with E-state index in [-0.39, 0.29) is 34.4 Å². The summed E-state index contributed by atoms with van der Waals surface area (Å²) in [7, 11) is -3.14. The van der Waals surface area contributed by atoms with Crippen molar-refractivity contribution in [2.75, 3.05) is 16.9 Å². The number of nitrogens with one attached hydrogen (secondary N) is 3. The predicted octanol–water partition coefficient (Wildman–Crippen LogP) is 3.16. The van der Waals surface area contributed by atoms with Crippen LogP contribution in [-0.2, 0) is 9.84 Å². The maximum atomic E-state index is 14.4. The Morgan fingerprint density at radius 2 is 1.82 bits per heavy atom. The van der Waals surface area contributed by atoms with Gasteiger partial charge in [-0.05, 0) is 49.9 Å². The van der Waals surface area contributed by atoms with Gasteiger partial charge in [-0.15, -0.1) is 0 Å². The lowest BCUT2D eigenvalue weighted by atomic mass is 9.94. The summed E-state index contributed by atoms with van der Waals surface area (Å²) in [6.45, 7) is 0. The molecule has 2 amide bonds. The maximum absolute atomic E-state index is 14.4. The van der Waals surface area contributed by atoms with Crippen LogP contribution in [0.2, 0.25) is 0 Å². The molecule has 1 saturated carbocycles. The molecule has 13 heteroatoms. The Morgan fingerprint density at radius 1 is 1.08 bits per heavy atom. The van der Waals surface area contributed by atoms with Crippen LogP contribution in [0.4, 0.5) is 27.4 Å². The van der Waals surface area contributed by atoms with E-state index in [9.17, 15) is 22.4 Å². The molecule has 2 heterocycles. The molecule has 202 valence electrons. The van der Waals surface area contributed by atoms with Crippen LogP contribution in [0.5, 0.6) is 0 Å². The highest BCUT2D eigenvalue weighted by Gasteiger charge is 2.29. The normalized spacial score (nSPS) is 17.1. The van der Waals surface area contributed by atoms with E-state index in [2.05, 4.69) is 25.9 Å². The molecular formula is C26H26FN7O4S. The number of halogens is 1. The van der Waals surface area contributed by atoms with Crippen LogP contribution in [0.3, 0.4) is 0 Å². The summed E-state index contributed by atoms with van der Waals surface area (Å²) in [4.78, 5) is 33.0. The van der Waals surface area contributed by atoms with Gasteiger partial charge in [-0.2, -0.15) is 5.26 Å². The molecule has 0 unspecified atom stereocenters. The van der Waals surface area contributed by atoms with Gasteiger partial charge in [0.05, 0.1) is 22.1 Å². The molecule has 0 aliphatic heterocycles. The molecule has 2 aromatic heterocycles. The standard InChI is InChI=1S/C26H26FN7O4S/c1-39(37,38)19-7-5-17(6-8-19)33-26(36)20-14-30-23(34-25-21(27)9-15(12-28)13-31-25)11-22(20)32-18-4-2-3-16(10-18)24(29)35/h2-4,9-11,13-14,17,19H,5-8H2,1H3,(H2,29,35)(H,33,36)(H2,30,31,32,34)/t17-,19-. The third-order valence-corrected chi connectivity index (χ3v) is 8.09. The van der Waals surface area contributed by atoms with E-state index in [4.69, 9.17) is 11.0 Å². The Labute approximate surface area is 224 Å². The van der Waals surface area contributed by atoms with E-state index in [0.717, 1.165) is 6.07 Å². The van der Waals surface area contributed by atoms with Crippen LogP contribution in [0.15, 0.2) is 48.8 Å². The summed E-state index contributed by atoms with van der Waals surface area (Å²) in [5, 5.41) is 17.3. The Morgan fingerprint density at radius 3 is 2.46 bits per heavy atom. The summed E-state index contributed by atoms with van der Waals surface area (Å²) in [6.07, 6.45) is 5.69. The number of anilines is 4. The molecule has 4 rings (SSSR count). The molecule has 1 aromatic carbocycles. The first-order valence-corrected chi connectivity index (χ1v) is 14.0. The SMILES string of the molecule is CS(=O)(=O)[C@H]1CC[C@H](NC(=O)c2cnc(Nc3ncc(C#N)cc3F)cc2Nc2cccc(C(N)=O)c2)CC1. The predicted molar refractivity (Wildman–Crippen MR) is 143 cm³/mol. The molecule has 0 saturated heterocycles. The Balaban J connectivity index is 1.60. The number of aromatic nitrogens is 2. The van der Waals surface area contributed by atoms with Crippen molar-refractivity contribution in [2.24, 2.45) is 5.73 Å². The van der Waals surface area contributed by atoms with Crippen molar-refractivity contribution in [2.45, 2.75) is 37.0 Å². The zero-order chi connectivity index (χ0) is 28.2. The molecule has 3 aromatic rings. The highest BCUT2D eigenvalue weighted by molar-refractivity contribution is 7.91. The van der Waals surface area contributed by atoms with Crippen LogP contribution < -0.4 is 21.7 Å². The highest BCUT2D eigenvalue weighted by Crippen LogP contribution is 2.28. The summed E-state index contributed by atoms with van der Waals surface area (Å²) >= 11 is 0. The molecule has 5 N–H and O–H groups in total. The van der Waals surface area contributed by atoms with E-state index >= 15 is 0 Å². The first-order valence-electron chi connectivity index (χ1n) is 12.0. The smallest absolute Gasteiger partial charge is 0.255 e. The number of nitrogens with two attached hydrogens (primary N) is 1. The molecule has 39 heavy (non-hydrogen) atoms. The zero-order valence-corrected chi connectivity index (χ0v) is 21.8. The minimum absolute atomic E-state index is 0.0558. The molecule has 1 aliphatic rings. The number of nitriles is 1. The number of rotatable bonds is 8. The quantitative estimate of drug-likeness (QED) is 0.327. The fraction of sp³-hybridized carbons (Fsp3) is 0.269. The number of primary amides is 1. The van der Waals surface area contributed by atoms with Crippen molar-refractivity contribution >= 4 is 44.7 Å². The van der Waals surface area contributed by atoms with Crippen molar-refractivity contribution < 1.29 is 22.4 Å². The van der Waals surface area contributed by atoms with Crippen LogP contribution in [0, 0.1) is 17.1 Å². The number of benzene rings is 1. The van der Waals surface area contributed by atoms with E-state index < -0.39 is 32.7 Å². The van der Waals surface area contributed by atoms with Crippen molar-refractivity contribution in [3.05, 3.63) is 71.3 Å². The second kappa shape index (κ2) is 11.4. The van der Waals surface area contributed by atoms with Gasteiger partial charge in [-0.3, -0.25) is 9.59 Å². The minimum atomic E-state index is -3.14. The largest absolute Gasteiger partial charge is 0.366 e.